The standard InChI is InChI=1S/C19H16Cl2N2O/c1-23(2)11-13-10-18(24)14-8-7-12(20)9-16(14)19(22-13)15-5-3-4-6-17(15)21/h3-9,11H,10H2,1-2H3/b13-11-. The van der Waals surface area contributed by atoms with Gasteiger partial charge in [-0.3, -0.25) is 9.79 Å². The van der Waals surface area contributed by atoms with Crippen LogP contribution >= 0.6 is 23.2 Å². The van der Waals surface area contributed by atoms with Crippen LogP contribution in [0.5, 0.6) is 0 Å². The van der Waals surface area contributed by atoms with Crippen LogP contribution in [0.1, 0.15) is 27.9 Å². The molecular formula is C19H16Cl2N2O. The van der Waals surface area contributed by atoms with Gasteiger partial charge in [0.15, 0.2) is 5.78 Å². The minimum atomic E-state index is 0.0144. The number of halogens is 2. The highest BCUT2D eigenvalue weighted by Gasteiger charge is 2.23. The summed E-state index contributed by atoms with van der Waals surface area (Å²) in [6.07, 6.45) is 2.09. The maximum atomic E-state index is 12.7. The lowest BCUT2D eigenvalue weighted by Crippen LogP contribution is -2.08. The van der Waals surface area contributed by atoms with Crippen LogP contribution in [0.25, 0.3) is 0 Å². The molecule has 3 nitrogen and oxygen atoms in total. The van der Waals surface area contributed by atoms with Gasteiger partial charge in [-0.25, -0.2) is 0 Å². The highest BCUT2D eigenvalue weighted by Crippen LogP contribution is 2.29. The number of hydrogen-bond acceptors (Lipinski definition) is 3. The van der Waals surface area contributed by atoms with Gasteiger partial charge in [0.2, 0.25) is 0 Å². The first-order chi connectivity index (χ1) is 11.5. The summed E-state index contributed by atoms with van der Waals surface area (Å²) in [5.41, 5.74) is 3.45. The molecule has 1 heterocycles. The molecule has 0 aromatic heterocycles. The first-order valence-corrected chi connectivity index (χ1v) is 8.25. The monoisotopic (exact) mass is 358 g/mol. The Bertz CT molecular complexity index is 869. The van der Waals surface area contributed by atoms with Crippen molar-refractivity contribution in [3.8, 4) is 0 Å². The molecule has 2 aromatic rings. The molecule has 24 heavy (non-hydrogen) atoms. The molecule has 5 heteroatoms. The molecule has 1 aliphatic heterocycles. The Balaban J connectivity index is 2.29. The van der Waals surface area contributed by atoms with E-state index in [0.29, 0.717) is 32.6 Å². The zero-order valence-corrected chi connectivity index (χ0v) is 14.9. The van der Waals surface area contributed by atoms with Gasteiger partial charge in [-0.2, -0.15) is 0 Å². The molecule has 0 saturated heterocycles. The van der Waals surface area contributed by atoms with E-state index in [1.54, 1.807) is 18.2 Å². The highest BCUT2D eigenvalue weighted by atomic mass is 35.5. The first kappa shape index (κ1) is 16.7. The SMILES string of the molecule is CN(C)/C=C1/CC(=O)c2ccc(Cl)cc2C(c2ccccc2Cl)=N1. The van der Waals surface area contributed by atoms with E-state index in [0.717, 1.165) is 5.56 Å². The molecule has 0 bridgehead atoms. The summed E-state index contributed by atoms with van der Waals surface area (Å²) in [7, 11) is 3.80. The van der Waals surface area contributed by atoms with Crippen molar-refractivity contribution >= 4 is 34.7 Å². The molecule has 0 radical (unpaired) electrons. The smallest absolute Gasteiger partial charge is 0.169 e. The van der Waals surface area contributed by atoms with Crippen LogP contribution in [-0.2, 0) is 0 Å². The fraction of sp³-hybridized carbons (Fsp3) is 0.158. The molecule has 0 N–H and O–H groups in total. The molecule has 0 amide bonds. The van der Waals surface area contributed by atoms with Gasteiger partial charge in [-0.15, -0.1) is 0 Å². The second kappa shape index (κ2) is 6.80. The van der Waals surface area contributed by atoms with E-state index < -0.39 is 0 Å². The zero-order chi connectivity index (χ0) is 17.3. The van der Waals surface area contributed by atoms with Crippen LogP contribution in [0.3, 0.4) is 0 Å². The quantitative estimate of drug-likeness (QED) is 0.770. The number of allylic oxidation sites excluding steroid dienone is 1. The zero-order valence-electron chi connectivity index (χ0n) is 13.4. The Morgan fingerprint density at radius 1 is 1.04 bits per heavy atom. The highest BCUT2D eigenvalue weighted by molar-refractivity contribution is 6.37. The molecular weight excluding hydrogens is 343 g/mol. The second-order valence-corrected chi connectivity index (χ2v) is 6.66. The number of ketones is 1. The molecule has 0 aliphatic carbocycles. The van der Waals surface area contributed by atoms with Crippen LogP contribution in [0.2, 0.25) is 10.0 Å². The third-order valence-electron chi connectivity index (χ3n) is 3.67. The predicted octanol–water partition coefficient (Wildman–Crippen LogP) is 4.82. The van der Waals surface area contributed by atoms with Gasteiger partial charge in [0.1, 0.15) is 0 Å². The van der Waals surface area contributed by atoms with Gasteiger partial charge in [-0.05, 0) is 24.3 Å². The second-order valence-electron chi connectivity index (χ2n) is 5.81. The molecule has 0 spiro atoms. The minimum Gasteiger partial charge on any atom is -0.382 e. The average Bonchev–Trinajstić information content (AvgIpc) is 2.64. The Kier molecular flexibility index (Phi) is 4.74. The van der Waals surface area contributed by atoms with Crippen LogP contribution in [0, 0.1) is 0 Å². The van der Waals surface area contributed by atoms with Crippen molar-refractivity contribution in [2.45, 2.75) is 6.42 Å². The van der Waals surface area contributed by atoms with E-state index in [2.05, 4.69) is 0 Å². The Morgan fingerprint density at radius 2 is 1.79 bits per heavy atom. The number of Topliss-reactive ketones (excluding diaryl/α,β-unsaturated/α-hetero) is 1. The van der Waals surface area contributed by atoms with Crippen molar-refractivity contribution in [2.75, 3.05) is 14.1 Å². The van der Waals surface area contributed by atoms with Crippen LogP contribution in [0.15, 0.2) is 59.4 Å². The number of rotatable bonds is 2. The number of nitrogens with zero attached hydrogens (tertiary/aromatic N) is 2. The van der Waals surface area contributed by atoms with Crippen LogP contribution in [0.4, 0.5) is 0 Å². The van der Waals surface area contributed by atoms with E-state index in [1.165, 1.54) is 0 Å². The average molecular weight is 359 g/mol. The summed E-state index contributed by atoms with van der Waals surface area (Å²) in [5, 5.41) is 1.14. The van der Waals surface area contributed by atoms with Crippen molar-refractivity contribution in [1.82, 2.24) is 4.90 Å². The van der Waals surface area contributed by atoms with E-state index in [4.69, 9.17) is 28.2 Å². The maximum absolute atomic E-state index is 12.7. The van der Waals surface area contributed by atoms with Crippen LogP contribution < -0.4 is 0 Å². The molecule has 3 rings (SSSR count). The molecule has 0 atom stereocenters. The maximum Gasteiger partial charge on any atom is 0.169 e. The van der Waals surface area contributed by atoms with Gasteiger partial charge in [0.25, 0.3) is 0 Å². The van der Waals surface area contributed by atoms with Gasteiger partial charge >= 0.3 is 0 Å². The fourth-order valence-electron chi connectivity index (χ4n) is 2.69. The molecule has 2 aromatic carbocycles. The Hall–Kier alpha value is -2.10. The summed E-state index contributed by atoms with van der Waals surface area (Å²) in [5.74, 6) is 0.0144. The van der Waals surface area contributed by atoms with E-state index in [9.17, 15) is 4.79 Å². The van der Waals surface area contributed by atoms with Gasteiger partial charge in [0.05, 0.1) is 17.8 Å². The third kappa shape index (κ3) is 3.37. The number of carbonyl (C=O) groups is 1. The molecule has 0 unspecified atom stereocenters. The number of fused-ring (bicyclic) bond motifs is 1. The van der Waals surface area contributed by atoms with Gasteiger partial charge in [-0.1, -0.05) is 41.4 Å². The Labute approximate surface area is 151 Å². The van der Waals surface area contributed by atoms with E-state index >= 15 is 0 Å². The molecule has 0 fully saturated rings. The predicted molar refractivity (Wildman–Crippen MR) is 99.3 cm³/mol. The summed E-state index contributed by atoms with van der Waals surface area (Å²) in [6, 6.07) is 12.7. The molecule has 122 valence electrons. The van der Waals surface area contributed by atoms with E-state index in [-0.39, 0.29) is 12.2 Å². The fourth-order valence-corrected chi connectivity index (χ4v) is 3.09. The minimum absolute atomic E-state index is 0.0144. The van der Waals surface area contributed by atoms with Gasteiger partial charge in [0, 0.05) is 47.0 Å². The summed E-state index contributed by atoms with van der Waals surface area (Å²) in [6.45, 7) is 0. The molecule has 0 saturated carbocycles. The van der Waals surface area contributed by atoms with Crippen molar-refractivity contribution in [3.63, 3.8) is 0 Å². The summed E-state index contributed by atoms with van der Waals surface area (Å²) in [4.78, 5) is 19.3. The van der Waals surface area contributed by atoms with Crippen molar-refractivity contribution in [1.29, 1.82) is 0 Å². The lowest BCUT2D eigenvalue weighted by atomic mass is 9.95. The van der Waals surface area contributed by atoms with Crippen molar-refractivity contribution < 1.29 is 4.79 Å². The lowest BCUT2D eigenvalue weighted by Gasteiger charge is -2.11. The van der Waals surface area contributed by atoms with Crippen LogP contribution in [-0.4, -0.2) is 30.5 Å². The summed E-state index contributed by atoms with van der Waals surface area (Å²) < 4.78 is 0. The topological polar surface area (TPSA) is 32.7 Å². The number of benzene rings is 2. The third-order valence-corrected chi connectivity index (χ3v) is 4.24. The van der Waals surface area contributed by atoms with E-state index in [1.807, 2.05) is 49.5 Å². The van der Waals surface area contributed by atoms with Gasteiger partial charge < -0.3 is 4.90 Å². The van der Waals surface area contributed by atoms with Crippen molar-refractivity contribution in [2.24, 2.45) is 4.99 Å². The largest absolute Gasteiger partial charge is 0.382 e. The number of carbonyl (C=O) groups excluding carboxylic acids is 1. The number of hydrogen-bond donors (Lipinski definition) is 0. The Morgan fingerprint density at radius 3 is 2.50 bits per heavy atom. The molecule has 1 aliphatic rings. The van der Waals surface area contributed by atoms with Crippen molar-refractivity contribution in [3.05, 3.63) is 81.1 Å². The number of aliphatic imine (C=N–C) groups is 1. The lowest BCUT2D eigenvalue weighted by molar-refractivity contribution is 0.0993. The summed E-state index contributed by atoms with van der Waals surface area (Å²) >= 11 is 12.5. The first-order valence-electron chi connectivity index (χ1n) is 7.49. The normalized spacial score (nSPS) is 15.8.